The molecule has 26 heavy (non-hydrogen) atoms. The van der Waals surface area contributed by atoms with Crippen molar-refractivity contribution in [2.45, 2.75) is 76.4 Å². The number of rotatable bonds is 8. The molecule has 1 saturated carbocycles. The molecule has 0 heterocycles. The van der Waals surface area contributed by atoms with E-state index in [4.69, 9.17) is 0 Å². The molecule has 1 amide bonds. The number of hydrogen-bond donors (Lipinski definition) is 2. The first-order valence-corrected chi connectivity index (χ1v) is 10.4. The molecular formula is C22H35N3O. The van der Waals surface area contributed by atoms with E-state index in [0.29, 0.717) is 12.1 Å². The lowest BCUT2D eigenvalue weighted by molar-refractivity contribution is -0.127. The van der Waals surface area contributed by atoms with E-state index in [1.54, 1.807) is 0 Å². The van der Waals surface area contributed by atoms with Gasteiger partial charge in [-0.1, -0.05) is 44.0 Å². The molecule has 3 rings (SSSR count). The van der Waals surface area contributed by atoms with Crippen molar-refractivity contribution >= 4 is 5.91 Å². The number of nitrogens with zero attached hydrogens (tertiary/aromatic N) is 1. The molecule has 1 fully saturated rings. The predicted molar refractivity (Wildman–Crippen MR) is 107 cm³/mol. The van der Waals surface area contributed by atoms with E-state index in [0.717, 1.165) is 32.4 Å². The minimum atomic E-state index is -0.495. The molecule has 2 aliphatic rings. The number of fused-ring (bicyclic) bond motifs is 1. The van der Waals surface area contributed by atoms with E-state index < -0.39 is 5.54 Å². The van der Waals surface area contributed by atoms with Gasteiger partial charge in [0.2, 0.25) is 5.91 Å². The van der Waals surface area contributed by atoms with Crippen LogP contribution in [0, 0.1) is 0 Å². The molecule has 0 saturated heterocycles. The molecule has 0 spiro atoms. The number of amides is 1. The van der Waals surface area contributed by atoms with Crippen LogP contribution in [0.2, 0.25) is 0 Å². The topological polar surface area (TPSA) is 44.4 Å². The third-order valence-corrected chi connectivity index (χ3v) is 6.37. The van der Waals surface area contributed by atoms with Gasteiger partial charge in [-0.25, -0.2) is 0 Å². The van der Waals surface area contributed by atoms with Gasteiger partial charge in [0.05, 0.1) is 0 Å². The lowest BCUT2D eigenvalue weighted by atomic mass is 9.92. The van der Waals surface area contributed by atoms with Crippen LogP contribution in [-0.4, -0.2) is 48.6 Å². The molecule has 0 bridgehead atoms. The fraction of sp³-hybridized carbons (Fsp3) is 0.682. The lowest BCUT2D eigenvalue weighted by Crippen LogP contribution is -2.60. The van der Waals surface area contributed by atoms with Gasteiger partial charge in [0.25, 0.3) is 0 Å². The summed E-state index contributed by atoms with van der Waals surface area (Å²) < 4.78 is 0. The zero-order valence-corrected chi connectivity index (χ0v) is 16.7. The molecule has 4 heteroatoms. The Hall–Kier alpha value is -1.39. The van der Waals surface area contributed by atoms with Crippen molar-refractivity contribution in [3.63, 3.8) is 0 Å². The summed E-state index contributed by atoms with van der Waals surface area (Å²) in [5, 5.41) is 6.90. The van der Waals surface area contributed by atoms with Crippen molar-refractivity contribution in [3.8, 4) is 0 Å². The summed E-state index contributed by atoms with van der Waals surface area (Å²) in [6.07, 6.45) is 7.91. The highest BCUT2D eigenvalue weighted by molar-refractivity contribution is 5.88. The zero-order valence-electron chi connectivity index (χ0n) is 16.7. The quantitative estimate of drug-likeness (QED) is 0.752. The van der Waals surface area contributed by atoms with E-state index in [-0.39, 0.29) is 5.91 Å². The van der Waals surface area contributed by atoms with Crippen LogP contribution in [-0.2, 0) is 17.6 Å². The molecular weight excluding hydrogens is 322 g/mol. The molecule has 1 unspecified atom stereocenters. The maximum atomic E-state index is 13.2. The SMILES string of the molecule is CCC(C)NC1(C(=O)NCCN(C)C2CCCC2)Cc2ccccc2C1. The number of carbonyl (C=O) groups is 1. The van der Waals surface area contributed by atoms with Crippen molar-refractivity contribution in [2.75, 3.05) is 20.1 Å². The second kappa shape index (κ2) is 8.53. The zero-order chi connectivity index (χ0) is 18.6. The standard InChI is InChI=1S/C22H35N3O/c1-4-17(2)24-22(15-18-9-5-6-10-19(18)16-22)21(26)23-13-14-25(3)20-11-7-8-12-20/h5-6,9-10,17,20,24H,4,7-8,11-16H2,1-3H3,(H,23,26). The number of hydrogen-bond acceptors (Lipinski definition) is 3. The maximum absolute atomic E-state index is 13.2. The Morgan fingerprint density at radius 2 is 1.85 bits per heavy atom. The van der Waals surface area contributed by atoms with E-state index in [1.165, 1.54) is 36.8 Å². The molecule has 0 aromatic heterocycles. The Bertz CT molecular complexity index is 584. The van der Waals surface area contributed by atoms with Crippen LogP contribution in [0.5, 0.6) is 0 Å². The average molecular weight is 358 g/mol. The van der Waals surface area contributed by atoms with Gasteiger partial charge in [-0.15, -0.1) is 0 Å². The van der Waals surface area contributed by atoms with Gasteiger partial charge < -0.3 is 15.5 Å². The van der Waals surface area contributed by atoms with Crippen molar-refractivity contribution in [1.82, 2.24) is 15.5 Å². The molecule has 0 radical (unpaired) electrons. The molecule has 1 atom stereocenters. The van der Waals surface area contributed by atoms with Crippen LogP contribution in [0.3, 0.4) is 0 Å². The summed E-state index contributed by atoms with van der Waals surface area (Å²) in [4.78, 5) is 15.6. The monoisotopic (exact) mass is 357 g/mol. The van der Waals surface area contributed by atoms with Crippen LogP contribution in [0.1, 0.15) is 57.1 Å². The number of benzene rings is 1. The van der Waals surface area contributed by atoms with Crippen molar-refractivity contribution in [2.24, 2.45) is 0 Å². The van der Waals surface area contributed by atoms with Gasteiger partial charge in [0.15, 0.2) is 0 Å². The molecule has 2 N–H and O–H groups in total. The Kier molecular flexibility index (Phi) is 6.36. The first kappa shape index (κ1) is 19.4. The second-order valence-electron chi connectivity index (χ2n) is 8.33. The third-order valence-electron chi connectivity index (χ3n) is 6.37. The lowest BCUT2D eigenvalue weighted by Gasteiger charge is -2.33. The van der Waals surface area contributed by atoms with Crippen LogP contribution >= 0.6 is 0 Å². The normalized spacial score (nSPS) is 20.3. The summed E-state index contributed by atoms with van der Waals surface area (Å²) in [7, 11) is 2.20. The average Bonchev–Trinajstić information content (AvgIpc) is 3.29. The Labute approximate surface area is 158 Å². The van der Waals surface area contributed by atoms with Gasteiger partial charge in [-0.3, -0.25) is 4.79 Å². The second-order valence-corrected chi connectivity index (χ2v) is 8.33. The van der Waals surface area contributed by atoms with E-state index in [1.807, 2.05) is 0 Å². The van der Waals surface area contributed by atoms with Gasteiger partial charge >= 0.3 is 0 Å². The van der Waals surface area contributed by atoms with E-state index >= 15 is 0 Å². The molecule has 144 valence electrons. The van der Waals surface area contributed by atoms with Crippen LogP contribution in [0.4, 0.5) is 0 Å². The largest absolute Gasteiger partial charge is 0.353 e. The summed E-state index contributed by atoms with van der Waals surface area (Å²) in [6.45, 7) is 6.00. The molecule has 4 nitrogen and oxygen atoms in total. The number of likely N-dealkylation sites (N-methyl/N-ethyl adjacent to an activating group) is 1. The first-order valence-electron chi connectivity index (χ1n) is 10.4. The minimum Gasteiger partial charge on any atom is -0.353 e. The maximum Gasteiger partial charge on any atom is 0.241 e. The summed E-state index contributed by atoms with van der Waals surface area (Å²) in [5.74, 6) is 0.161. The third kappa shape index (κ3) is 4.29. The van der Waals surface area contributed by atoms with E-state index in [9.17, 15) is 4.79 Å². The smallest absolute Gasteiger partial charge is 0.241 e. The highest BCUT2D eigenvalue weighted by atomic mass is 16.2. The summed E-state index contributed by atoms with van der Waals surface area (Å²) >= 11 is 0. The first-order chi connectivity index (χ1) is 12.5. The van der Waals surface area contributed by atoms with Crippen LogP contribution < -0.4 is 10.6 Å². The number of nitrogens with one attached hydrogen (secondary N) is 2. The fourth-order valence-corrected chi connectivity index (χ4v) is 4.56. The van der Waals surface area contributed by atoms with Crippen molar-refractivity contribution in [1.29, 1.82) is 0 Å². The van der Waals surface area contributed by atoms with Gasteiger partial charge in [-0.05, 0) is 44.4 Å². The van der Waals surface area contributed by atoms with E-state index in [2.05, 4.69) is 60.7 Å². The van der Waals surface area contributed by atoms with Crippen LogP contribution in [0.15, 0.2) is 24.3 Å². The number of carbonyl (C=O) groups excluding carboxylic acids is 1. The van der Waals surface area contributed by atoms with Gasteiger partial charge in [-0.2, -0.15) is 0 Å². The van der Waals surface area contributed by atoms with Gasteiger partial charge in [0.1, 0.15) is 5.54 Å². The fourth-order valence-electron chi connectivity index (χ4n) is 4.56. The summed E-state index contributed by atoms with van der Waals surface area (Å²) in [5.41, 5.74) is 2.12. The highest BCUT2D eigenvalue weighted by Gasteiger charge is 2.44. The molecule has 0 aliphatic heterocycles. The van der Waals surface area contributed by atoms with Crippen LogP contribution in [0.25, 0.3) is 0 Å². The van der Waals surface area contributed by atoms with Crippen molar-refractivity contribution < 1.29 is 4.79 Å². The Morgan fingerprint density at radius 3 is 2.42 bits per heavy atom. The Balaban J connectivity index is 1.61. The Morgan fingerprint density at radius 1 is 1.23 bits per heavy atom. The summed E-state index contributed by atoms with van der Waals surface area (Å²) in [6, 6.07) is 9.51. The molecule has 2 aliphatic carbocycles. The van der Waals surface area contributed by atoms with Gasteiger partial charge in [0, 0.05) is 38.0 Å². The minimum absolute atomic E-state index is 0.161. The predicted octanol–water partition coefficient (Wildman–Crippen LogP) is 2.90. The highest BCUT2D eigenvalue weighted by Crippen LogP contribution is 2.31. The molecule has 1 aromatic carbocycles. The van der Waals surface area contributed by atoms with Crippen molar-refractivity contribution in [3.05, 3.63) is 35.4 Å². The molecule has 1 aromatic rings.